The second kappa shape index (κ2) is 7.27. The van der Waals surface area contributed by atoms with Gasteiger partial charge in [0.2, 0.25) is 6.10 Å². The van der Waals surface area contributed by atoms with Crippen LogP contribution in [0.1, 0.15) is 22.0 Å². The molecule has 0 amide bonds. The van der Waals surface area contributed by atoms with E-state index < -0.39 is 23.9 Å². The third-order valence-electron chi connectivity index (χ3n) is 3.51. The van der Waals surface area contributed by atoms with Crippen LogP contribution in [0, 0.1) is 5.82 Å². The topological polar surface area (TPSA) is 94.2 Å². The highest BCUT2D eigenvalue weighted by Gasteiger charge is 2.32. The fraction of sp³-hybridized carbons (Fsp3) is 0.125. The van der Waals surface area contributed by atoms with Crippen molar-refractivity contribution in [3.63, 3.8) is 0 Å². The number of rotatable bonds is 4. The monoisotopic (exact) mass is 397 g/mol. The van der Waals surface area contributed by atoms with Crippen LogP contribution in [-0.2, 0) is 14.3 Å². The number of esters is 2. The van der Waals surface area contributed by atoms with Gasteiger partial charge in [-0.3, -0.25) is 5.10 Å². The van der Waals surface area contributed by atoms with Gasteiger partial charge in [-0.15, -0.1) is 0 Å². The molecular weight excluding hydrogens is 388 g/mol. The number of benzene rings is 1. The van der Waals surface area contributed by atoms with E-state index in [2.05, 4.69) is 19.9 Å². The second-order valence-corrected chi connectivity index (χ2v) is 5.86. The standard InChI is InChI=1S/C16H10Cl2FN3O4/c1-25-16(24)13(12-9(17)3-2-4-10(12)19)26-15(23)7-5-11(18)21-14-8(7)6-20-22-14/h2-6,13H,1H3,(H,20,21,22). The third-order valence-corrected chi connectivity index (χ3v) is 4.04. The third kappa shape index (κ3) is 3.33. The molecule has 26 heavy (non-hydrogen) atoms. The summed E-state index contributed by atoms with van der Waals surface area (Å²) in [6, 6.07) is 5.05. The number of fused-ring (bicyclic) bond motifs is 1. The van der Waals surface area contributed by atoms with Crippen molar-refractivity contribution in [1.29, 1.82) is 0 Å². The fourth-order valence-electron chi connectivity index (χ4n) is 2.33. The zero-order valence-corrected chi connectivity index (χ0v) is 14.6. The zero-order chi connectivity index (χ0) is 18.8. The van der Waals surface area contributed by atoms with Gasteiger partial charge in [-0.05, 0) is 18.2 Å². The Morgan fingerprint density at radius 1 is 1.31 bits per heavy atom. The molecule has 3 aromatic rings. The Labute approximate surface area is 156 Å². The van der Waals surface area contributed by atoms with Gasteiger partial charge in [0.25, 0.3) is 0 Å². The number of aromatic nitrogens is 3. The number of carbonyl (C=O) groups excluding carboxylic acids is 2. The summed E-state index contributed by atoms with van der Waals surface area (Å²) in [6.45, 7) is 0. The lowest BCUT2D eigenvalue weighted by molar-refractivity contribution is -0.151. The van der Waals surface area contributed by atoms with E-state index >= 15 is 0 Å². The Bertz CT molecular complexity index is 988. The molecule has 1 atom stereocenters. The Morgan fingerprint density at radius 2 is 2.08 bits per heavy atom. The van der Waals surface area contributed by atoms with Gasteiger partial charge in [-0.25, -0.2) is 19.0 Å². The van der Waals surface area contributed by atoms with E-state index in [1.54, 1.807) is 0 Å². The van der Waals surface area contributed by atoms with Crippen LogP contribution in [0.3, 0.4) is 0 Å². The maximum absolute atomic E-state index is 14.2. The zero-order valence-electron chi connectivity index (χ0n) is 13.1. The maximum atomic E-state index is 14.2. The summed E-state index contributed by atoms with van der Waals surface area (Å²) < 4.78 is 24.0. The van der Waals surface area contributed by atoms with E-state index in [0.29, 0.717) is 5.39 Å². The van der Waals surface area contributed by atoms with E-state index in [1.807, 2.05) is 0 Å². The van der Waals surface area contributed by atoms with Gasteiger partial charge >= 0.3 is 11.9 Å². The van der Waals surface area contributed by atoms with Gasteiger partial charge in [0.15, 0.2) is 5.65 Å². The van der Waals surface area contributed by atoms with Crippen molar-refractivity contribution in [2.75, 3.05) is 7.11 Å². The minimum absolute atomic E-state index is 0.00452. The van der Waals surface area contributed by atoms with Crippen LogP contribution in [0.2, 0.25) is 10.2 Å². The molecule has 134 valence electrons. The molecule has 1 unspecified atom stereocenters. The van der Waals surface area contributed by atoms with Crippen molar-refractivity contribution in [1.82, 2.24) is 15.2 Å². The molecule has 0 spiro atoms. The highest BCUT2D eigenvalue weighted by atomic mass is 35.5. The fourth-order valence-corrected chi connectivity index (χ4v) is 2.79. The van der Waals surface area contributed by atoms with Crippen molar-refractivity contribution in [3.8, 4) is 0 Å². The van der Waals surface area contributed by atoms with Gasteiger partial charge in [0.05, 0.1) is 34.8 Å². The summed E-state index contributed by atoms with van der Waals surface area (Å²) in [5.41, 5.74) is -0.0592. The summed E-state index contributed by atoms with van der Waals surface area (Å²) in [7, 11) is 1.08. The number of halogens is 3. The van der Waals surface area contributed by atoms with Gasteiger partial charge in [0, 0.05) is 0 Å². The van der Waals surface area contributed by atoms with Gasteiger partial charge < -0.3 is 9.47 Å². The Kier molecular flexibility index (Phi) is 5.06. The van der Waals surface area contributed by atoms with Crippen molar-refractivity contribution < 1.29 is 23.5 Å². The Hall–Kier alpha value is -2.71. The van der Waals surface area contributed by atoms with Gasteiger partial charge in [0.1, 0.15) is 11.0 Å². The molecule has 0 aliphatic carbocycles. The molecule has 0 saturated heterocycles. The molecule has 7 nitrogen and oxygen atoms in total. The molecule has 0 aliphatic rings. The van der Waals surface area contributed by atoms with Crippen LogP contribution in [0.25, 0.3) is 11.0 Å². The number of aromatic amines is 1. The SMILES string of the molecule is COC(=O)C(OC(=O)c1cc(Cl)nc2[nH]ncc12)c1c(F)cccc1Cl. The highest BCUT2D eigenvalue weighted by Crippen LogP contribution is 2.31. The lowest BCUT2D eigenvalue weighted by Crippen LogP contribution is -2.22. The molecule has 2 heterocycles. The first-order valence-electron chi connectivity index (χ1n) is 7.14. The molecule has 1 aromatic carbocycles. The van der Waals surface area contributed by atoms with E-state index in [-0.39, 0.29) is 26.9 Å². The van der Waals surface area contributed by atoms with Crippen LogP contribution < -0.4 is 0 Å². The van der Waals surface area contributed by atoms with E-state index in [0.717, 1.165) is 13.2 Å². The van der Waals surface area contributed by atoms with Crippen molar-refractivity contribution in [2.45, 2.75) is 6.10 Å². The van der Waals surface area contributed by atoms with Crippen LogP contribution in [0.15, 0.2) is 30.5 Å². The van der Waals surface area contributed by atoms with Crippen molar-refractivity contribution >= 4 is 46.2 Å². The average Bonchev–Trinajstić information content (AvgIpc) is 3.07. The lowest BCUT2D eigenvalue weighted by Gasteiger charge is -2.18. The summed E-state index contributed by atoms with van der Waals surface area (Å²) in [5, 5.41) is 6.58. The molecule has 0 radical (unpaired) electrons. The molecule has 0 bridgehead atoms. The van der Waals surface area contributed by atoms with Crippen molar-refractivity contribution in [2.24, 2.45) is 0 Å². The molecule has 3 rings (SSSR count). The van der Waals surface area contributed by atoms with Crippen LogP contribution in [0.5, 0.6) is 0 Å². The molecule has 2 aromatic heterocycles. The minimum Gasteiger partial charge on any atom is -0.466 e. The number of nitrogens with one attached hydrogen (secondary N) is 1. The molecule has 10 heteroatoms. The smallest absolute Gasteiger partial charge is 0.352 e. The number of pyridine rings is 1. The predicted octanol–water partition coefficient (Wildman–Crippen LogP) is 3.47. The number of nitrogens with zero attached hydrogens (tertiary/aromatic N) is 2. The quantitative estimate of drug-likeness (QED) is 0.534. The Morgan fingerprint density at radius 3 is 2.77 bits per heavy atom. The molecule has 1 N–H and O–H groups in total. The number of hydrogen-bond acceptors (Lipinski definition) is 6. The molecular formula is C16H10Cl2FN3O4. The Balaban J connectivity index is 2.03. The first kappa shape index (κ1) is 18.1. The lowest BCUT2D eigenvalue weighted by atomic mass is 10.1. The normalized spacial score (nSPS) is 12.0. The maximum Gasteiger partial charge on any atom is 0.352 e. The van der Waals surface area contributed by atoms with Crippen LogP contribution in [0.4, 0.5) is 4.39 Å². The van der Waals surface area contributed by atoms with Crippen molar-refractivity contribution in [3.05, 3.63) is 57.6 Å². The molecule has 0 fully saturated rings. The van der Waals surface area contributed by atoms with Gasteiger partial charge in [-0.2, -0.15) is 5.10 Å². The van der Waals surface area contributed by atoms with E-state index in [1.165, 1.54) is 24.4 Å². The largest absolute Gasteiger partial charge is 0.466 e. The summed E-state index contributed by atoms with van der Waals surface area (Å²) >= 11 is 11.9. The first-order valence-corrected chi connectivity index (χ1v) is 7.90. The van der Waals surface area contributed by atoms with Gasteiger partial charge in [-0.1, -0.05) is 29.3 Å². The molecule has 0 aliphatic heterocycles. The number of ether oxygens (including phenoxy) is 2. The highest BCUT2D eigenvalue weighted by molar-refractivity contribution is 6.31. The number of carbonyl (C=O) groups is 2. The van der Waals surface area contributed by atoms with E-state index in [9.17, 15) is 14.0 Å². The first-order chi connectivity index (χ1) is 12.4. The minimum atomic E-state index is -1.70. The molecule has 0 saturated carbocycles. The summed E-state index contributed by atoms with van der Waals surface area (Å²) in [5.74, 6) is -2.76. The summed E-state index contributed by atoms with van der Waals surface area (Å²) in [6.07, 6.45) is -0.353. The second-order valence-electron chi connectivity index (χ2n) is 5.07. The summed E-state index contributed by atoms with van der Waals surface area (Å²) in [4.78, 5) is 28.7. The average molecular weight is 398 g/mol. The van der Waals surface area contributed by atoms with Crippen LogP contribution >= 0.6 is 23.2 Å². The van der Waals surface area contributed by atoms with E-state index in [4.69, 9.17) is 27.9 Å². The number of H-pyrrole nitrogens is 1. The number of methoxy groups -OCH3 is 1. The predicted molar refractivity (Wildman–Crippen MR) is 90.5 cm³/mol. The van der Waals surface area contributed by atoms with Crippen LogP contribution in [-0.4, -0.2) is 34.2 Å². The number of hydrogen-bond donors (Lipinski definition) is 1.